The number of benzene rings is 1. The molecule has 0 bridgehead atoms. The van der Waals surface area contributed by atoms with E-state index in [0.29, 0.717) is 16.6 Å². The van der Waals surface area contributed by atoms with Gasteiger partial charge in [-0.25, -0.2) is 4.39 Å². The van der Waals surface area contributed by atoms with Crippen molar-refractivity contribution in [1.82, 2.24) is 0 Å². The van der Waals surface area contributed by atoms with Crippen molar-refractivity contribution in [2.75, 3.05) is 6.61 Å². The average Bonchev–Trinajstić information content (AvgIpc) is 2.33. The second kappa shape index (κ2) is 6.14. The standard InChI is InChI=1S/C14H16BrFO2/c1-4-14(3,13(17)18-5-2)9-10-6-7-11(15)8-12(10)16/h4,6-8H,1,5,9H2,2-3H3. The third-order valence-corrected chi connectivity index (χ3v) is 3.26. The van der Waals surface area contributed by atoms with Crippen LogP contribution in [0.1, 0.15) is 19.4 Å². The molecule has 0 amide bonds. The molecule has 0 saturated carbocycles. The van der Waals surface area contributed by atoms with Crippen LogP contribution in [0, 0.1) is 11.2 Å². The predicted molar refractivity (Wildman–Crippen MR) is 72.7 cm³/mol. The van der Waals surface area contributed by atoms with Crippen LogP contribution >= 0.6 is 15.9 Å². The normalized spacial score (nSPS) is 13.8. The van der Waals surface area contributed by atoms with Crippen LogP contribution in [0.2, 0.25) is 0 Å². The van der Waals surface area contributed by atoms with Crippen LogP contribution in [0.5, 0.6) is 0 Å². The zero-order valence-electron chi connectivity index (χ0n) is 10.5. The van der Waals surface area contributed by atoms with Gasteiger partial charge in [0.2, 0.25) is 0 Å². The van der Waals surface area contributed by atoms with E-state index in [-0.39, 0.29) is 18.2 Å². The van der Waals surface area contributed by atoms with E-state index < -0.39 is 5.41 Å². The van der Waals surface area contributed by atoms with Gasteiger partial charge in [0.25, 0.3) is 0 Å². The zero-order chi connectivity index (χ0) is 13.8. The number of carbonyl (C=O) groups is 1. The largest absolute Gasteiger partial charge is 0.465 e. The molecule has 0 N–H and O–H groups in total. The topological polar surface area (TPSA) is 26.3 Å². The lowest BCUT2D eigenvalue weighted by Crippen LogP contribution is -2.30. The fourth-order valence-corrected chi connectivity index (χ4v) is 1.92. The van der Waals surface area contributed by atoms with Crippen LogP contribution in [0.25, 0.3) is 0 Å². The molecule has 1 unspecified atom stereocenters. The van der Waals surface area contributed by atoms with Crippen LogP contribution in [0.15, 0.2) is 35.3 Å². The van der Waals surface area contributed by atoms with Crippen molar-refractivity contribution >= 4 is 21.9 Å². The first kappa shape index (κ1) is 14.9. The molecule has 1 atom stereocenters. The molecular formula is C14H16BrFO2. The summed E-state index contributed by atoms with van der Waals surface area (Å²) in [7, 11) is 0. The molecule has 2 nitrogen and oxygen atoms in total. The zero-order valence-corrected chi connectivity index (χ0v) is 12.1. The molecule has 4 heteroatoms. The van der Waals surface area contributed by atoms with E-state index in [1.807, 2.05) is 0 Å². The van der Waals surface area contributed by atoms with Crippen molar-refractivity contribution in [3.63, 3.8) is 0 Å². The van der Waals surface area contributed by atoms with Crippen molar-refractivity contribution < 1.29 is 13.9 Å². The minimum atomic E-state index is -0.912. The molecule has 0 radical (unpaired) electrons. The Balaban J connectivity index is 2.98. The number of halogens is 2. The molecule has 18 heavy (non-hydrogen) atoms. The summed E-state index contributed by atoms with van der Waals surface area (Å²) in [5.41, 5.74) is -0.446. The van der Waals surface area contributed by atoms with Gasteiger partial charge < -0.3 is 4.74 Å². The highest BCUT2D eigenvalue weighted by Gasteiger charge is 2.32. The summed E-state index contributed by atoms with van der Waals surface area (Å²) in [6.07, 6.45) is 1.74. The van der Waals surface area contributed by atoms with Gasteiger partial charge in [-0.1, -0.05) is 28.1 Å². The molecule has 1 aromatic carbocycles. The first-order chi connectivity index (χ1) is 8.42. The van der Waals surface area contributed by atoms with E-state index >= 15 is 0 Å². The van der Waals surface area contributed by atoms with Gasteiger partial charge >= 0.3 is 5.97 Å². The molecule has 1 aromatic rings. The van der Waals surface area contributed by atoms with Gasteiger partial charge in [0.05, 0.1) is 12.0 Å². The lowest BCUT2D eigenvalue weighted by Gasteiger charge is -2.23. The number of hydrogen-bond donors (Lipinski definition) is 0. The maximum absolute atomic E-state index is 13.7. The van der Waals surface area contributed by atoms with Crippen LogP contribution in [0.4, 0.5) is 4.39 Å². The van der Waals surface area contributed by atoms with Crippen LogP contribution in [-0.2, 0) is 16.0 Å². The smallest absolute Gasteiger partial charge is 0.315 e. The van der Waals surface area contributed by atoms with Crippen molar-refractivity contribution in [3.8, 4) is 0 Å². The van der Waals surface area contributed by atoms with E-state index in [1.54, 1.807) is 26.0 Å². The highest BCUT2D eigenvalue weighted by Crippen LogP contribution is 2.28. The minimum Gasteiger partial charge on any atom is -0.465 e. The SMILES string of the molecule is C=CC(C)(Cc1ccc(Br)cc1F)C(=O)OCC. The van der Waals surface area contributed by atoms with E-state index in [0.717, 1.165) is 0 Å². The first-order valence-corrected chi connectivity index (χ1v) is 6.47. The van der Waals surface area contributed by atoms with Gasteiger partial charge in [-0.05, 0) is 38.0 Å². The Hall–Kier alpha value is -1.16. The number of esters is 1. The summed E-state index contributed by atoms with van der Waals surface area (Å²) in [6, 6.07) is 4.78. The maximum Gasteiger partial charge on any atom is 0.315 e. The molecule has 0 aliphatic heterocycles. The molecule has 0 aliphatic rings. The lowest BCUT2D eigenvalue weighted by molar-refractivity contribution is -0.151. The van der Waals surface area contributed by atoms with Crippen LogP contribution < -0.4 is 0 Å². The third-order valence-electron chi connectivity index (χ3n) is 2.77. The summed E-state index contributed by atoms with van der Waals surface area (Å²) in [6.45, 7) is 7.38. The Bertz CT molecular complexity index is 459. The van der Waals surface area contributed by atoms with Crippen molar-refractivity contribution in [1.29, 1.82) is 0 Å². The van der Waals surface area contributed by atoms with Crippen LogP contribution in [-0.4, -0.2) is 12.6 Å². The van der Waals surface area contributed by atoms with Crippen LogP contribution in [0.3, 0.4) is 0 Å². The van der Waals surface area contributed by atoms with Crippen molar-refractivity contribution in [3.05, 3.63) is 46.7 Å². The lowest BCUT2D eigenvalue weighted by atomic mass is 9.83. The van der Waals surface area contributed by atoms with Gasteiger partial charge in [-0.3, -0.25) is 4.79 Å². The monoisotopic (exact) mass is 314 g/mol. The summed E-state index contributed by atoms with van der Waals surface area (Å²) >= 11 is 3.19. The highest BCUT2D eigenvalue weighted by molar-refractivity contribution is 9.10. The summed E-state index contributed by atoms with van der Waals surface area (Å²) in [4.78, 5) is 11.9. The molecule has 0 heterocycles. The maximum atomic E-state index is 13.7. The fraction of sp³-hybridized carbons (Fsp3) is 0.357. The quantitative estimate of drug-likeness (QED) is 0.609. The molecule has 98 valence electrons. The number of carbonyl (C=O) groups excluding carboxylic acids is 1. The van der Waals surface area contributed by atoms with E-state index in [9.17, 15) is 9.18 Å². The Labute approximate surface area is 115 Å². The minimum absolute atomic E-state index is 0.231. The molecule has 0 saturated heterocycles. The molecular weight excluding hydrogens is 299 g/mol. The third kappa shape index (κ3) is 3.42. The van der Waals surface area contributed by atoms with E-state index in [2.05, 4.69) is 22.5 Å². The molecule has 0 spiro atoms. The molecule has 0 aliphatic carbocycles. The highest BCUT2D eigenvalue weighted by atomic mass is 79.9. The van der Waals surface area contributed by atoms with Crippen molar-refractivity contribution in [2.24, 2.45) is 5.41 Å². The Morgan fingerprint density at radius 2 is 2.28 bits per heavy atom. The molecule has 1 rings (SSSR count). The van der Waals surface area contributed by atoms with E-state index in [4.69, 9.17) is 4.74 Å². The second-order valence-electron chi connectivity index (χ2n) is 4.25. The summed E-state index contributed by atoms with van der Waals surface area (Å²) in [5.74, 6) is -0.732. The van der Waals surface area contributed by atoms with Gasteiger partial charge in [-0.2, -0.15) is 0 Å². The van der Waals surface area contributed by atoms with Crippen molar-refractivity contribution in [2.45, 2.75) is 20.3 Å². The van der Waals surface area contributed by atoms with E-state index in [1.165, 1.54) is 12.1 Å². The Kier molecular flexibility index (Phi) is 5.08. The number of ether oxygens (including phenoxy) is 1. The number of rotatable bonds is 5. The summed E-state index contributed by atoms with van der Waals surface area (Å²) < 4.78 is 19.4. The van der Waals surface area contributed by atoms with Gasteiger partial charge in [0, 0.05) is 4.47 Å². The predicted octanol–water partition coefficient (Wildman–Crippen LogP) is 3.89. The van der Waals surface area contributed by atoms with Gasteiger partial charge in [-0.15, -0.1) is 6.58 Å². The summed E-state index contributed by atoms with van der Waals surface area (Å²) in [5, 5.41) is 0. The average molecular weight is 315 g/mol. The Morgan fingerprint density at radius 3 is 2.78 bits per heavy atom. The molecule has 0 fully saturated rings. The second-order valence-corrected chi connectivity index (χ2v) is 5.17. The van der Waals surface area contributed by atoms with Gasteiger partial charge in [0.1, 0.15) is 5.82 Å². The fourth-order valence-electron chi connectivity index (χ4n) is 1.58. The van der Waals surface area contributed by atoms with Gasteiger partial charge in [0.15, 0.2) is 0 Å². The first-order valence-electron chi connectivity index (χ1n) is 5.67. The molecule has 0 aromatic heterocycles. The Morgan fingerprint density at radius 1 is 1.61 bits per heavy atom. The number of hydrogen-bond acceptors (Lipinski definition) is 2.